The number of rotatable bonds is 3. The van der Waals surface area contributed by atoms with Crippen molar-refractivity contribution in [3.63, 3.8) is 0 Å². The fourth-order valence-corrected chi connectivity index (χ4v) is 3.80. The minimum Gasteiger partial charge on any atom is -0.466 e. The molecule has 2 aliphatic carbocycles. The summed E-state index contributed by atoms with van der Waals surface area (Å²) in [7, 11) is 0. The summed E-state index contributed by atoms with van der Waals surface area (Å²) in [5.41, 5.74) is 0.357. The number of ether oxygens (including phenoxy) is 1. The van der Waals surface area contributed by atoms with Crippen molar-refractivity contribution in [3.05, 3.63) is 0 Å². The van der Waals surface area contributed by atoms with E-state index in [1.165, 1.54) is 19.3 Å². The quantitative estimate of drug-likeness (QED) is 0.669. The fraction of sp³-hybridized carbons (Fsp3) is 0.923. The van der Waals surface area contributed by atoms with E-state index in [1.807, 2.05) is 6.92 Å². The first-order chi connectivity index (χ1) is 7.05. The average Bonchev–Trinajstić information content (AvgIpc) is 2.69. The van der Waals surface area contributed by atoms with Crippen LogP contribution in [0.3, 0.4) is 0 Å². The van der Waals surface area contributed by atoms with Crippen LogP contribution in [0.1, 0.15) is 46.5 Å². The molecule has 0 aromatic heterocycles. The van der Waals surface area contributed by atoms with Crippen LogP contribution < -0.4 is 0 Å². The van der Waals surface area contributed by atoms with Gasteiger partial charge in [-0.25, -0.2) is 0 Å². The lowest BCUT2D eigenvalue weighted by Gasteiger charge is -2.37. The SMILES string of the molecule is CCOC(=O)CC1C2CCC(C2)C1(C)C. The van der Waals surface area contributed by atoms with Crippen LogP contribution in [-0.4, -0.2) is 12.6 Å². The molecule has 0 aromatic carbocycles. The van der Waals surface area contributed by atoms with E-state index in [-0.39, 0.29) is 5.97 Å². The minimum absolute atomic E-state index is 0.00289. The zero-order valence-electron chi connectivity index (χ0n) is 10.1. The van der Waals surface area contributed by atoms with E-state index in [4.69, 9.17) is 4.74 Å². The Morgan fingerprint density at radius 2 is 2.13 bits per heavy atom. The van der Waals surface area contributed by atoms with E-state index in [1.54, 1.807) is 0 Å². The molecule has 2 saturated carbocycles. The predicted octanol–water partition coefficient (Wildman–Crippen LogP) is 3.01. The molecule has 0 spiro atoms. The maximum atomic E-state index is 11.5. The third-order valence-electron chi connectivity index (χ3n) is 4.74. The topological polar surface area (TPSA) is 26.3 Å². The van der Waals surface area contributed by atoms with Gasteiger partial charge in [-0.2, -0.15) is 0 Å². The molecule has 0 N–H and O–H groups in total. The molecule has 3 unspecified atom stereocenters. The van der Waals surface area contributed by atoms with Crippen LogP contribution in [0.2, 0.25) is 0 Å². The lowest BCUT2D eigenvalue weighted by atomic mass is 9.67. The summed E-state index contributed by atoms with van der Waals surface area (Å²) >= 11 is 0. The van der Waals surface area contributed by atoms with Gasteiger partial charge in [0.05, 0.1) is 6.61 Å². The maximum absolute atomic E-state index is 11.5. The molecule has 0 aromatic rings. The molecule has 0 heterocycles. The second kappa shape index (κ2) is 3.80. The van der Waals surface area contributed by atoms with Crippen LogP contribution in [0.15, 0.2) is 0 Å². The van der Waals surface area contributed by atoms with Crippen molar-refractivity contribution < 1.29 is 9.53 Å². The number of fused-ring (bicyclic) bond motifs is 2. The number of hydrogen-bond donors (Lipinski definition) is 0. The van der Waals surface area contributed by atoms with Gasteiger partial charge in [0.2, 0.25) is 0 Å². The number of esters is 1. The van der Waals surface area contributed by atoms with Crippen molar-refractivity contribution in [1.82, 2.24) is 0 Å². The summed E-state index contributed by atoms with van der Waals surface area (Å²) in [6.07, 6.45) is 4.69. The summed E-state index contributed by atoms with van der Waals surface area (Å²) in [5, 5.41) is 0. The molecule has 2 rings (SSSR count). The highest BCUT2D eigenvalue weighted by Crippen LogP contribution is 2.60. The van der Waals surface area contributed by atoms with E-state index >= 15 is 0 Å². The van der Waals surface area contributed by atoms with Crippen molar-refractivity contribution in [2.24, 2.45) is 23.2 Å². The first-order valence-electron chi connectivity index (χ1n) is 6.21. The van der Waals surface area contributed by atoms with Crippen LogP contribution in [0.4, 0.5) is 0 Å². The summed E-state index contributed by atoms with van der Waals surface area (Å²) < 4.78 is 5.07. The van der Waals surface area contributed by atoms with Gasteiger partial charge in [0.15, 0.2) is 0 Å². The Labute approximate surface area is 92.4 Å². The molecule has 0 radical (unpaired) electrons. The summed E-state index contributed by atoms with van der Waals surface area (Å²) in [5.74, 6) is 2.20. The molecule has 2 fully saturated rings. The van der Waals surface area contributed by atoms with Gasteiger partial charge in [-0.1, -0.05) is 13.8 Å². The highest BCUT2D eigenvalue weighted by atomic mass is 16.5. The Kier molecular flexibility index (Phi) is 2.78. The van der Waals surface area contributed by atoms with Crippen LogP contribution in [0.25, 0.3) is 0 Å². The van der Waals surface area contributed by atoms with Crippen LogP contribution in [-0.2, 0) is 9.53 Å². The van der Waals surface area contributed by atoms with Gasteiger partial charge in [-0.3, -0.25) is 4.79 Å². The van der Waals surface area contributed by atoms with Crippen molar-refractivity contribution in [3.8, 4) is 0 Å². The first-order valence-corrected chi connectivity index (χ1v) is 6.21. The number of hydrogen-bond acceptors (Lipinski definition) is 2. The Morgan fingerprint density at radius 3 is 2.67 bits per heavy atom. The Morgan fingerprint density at radius 1 is 1.40 bits per heavy atom. The largest absolute Gasteiger partial charge is 0.466 e. The zero-order valence-corrected chi connectivity index (χ0v) is 10.1. The third kappa shape index (κ3) is 1.79. The first kappa shape index (κ1) is 11.0. The van der Waals surface area contributed by atoms with Gasteiger partial charge in [0, 0.05) is 6.42 Å². The van der Waals surface area contributed by atoms with E-state index in [2.05, 4.69) is 13.8 Å². The predicted molar refractivity (Wildman–Crippen MR) is 59.4 cm³/mol. The molecule has 2 aliphatic rings. The third-order valence-corrected chi connectivity index (χ3v) is 4.74. The van der Waals surface area contributed by atoms with Gasteiger partial charge < -0.3 is 4.74 Å². The van der Waals surface area contributed by atoms with Crippen LogP contribution in [0, 0.1) is 23.2 Å². The van der Waals surface area contributed by atoms with E-state index in [0.29, 0.717) is 24.4 Å². The number of carbonyl (C=O) groups excluding carboxylic acids is 1. The van der Waals surface area contributed by atoms with Gasteiger partial charge in [0.25, 0.3) is 0 Å². The monoisotopic (exact) mass is 210 g/mol. The van der Waals surface area contributed by atoms with E-state index in [9.17, 15) is 4.79 Å². The maximum Gasteiger partial charge on any atom is 0.306 e. The lowest BCUT2D eigenvalue weighted by molar-refractivity contribution is -0.146. The molecule has 2 nitrogen and oxygen atoms in total. The van der Waals surface area contributed by atoms with Crippen LogP contribution >= 0.6 is 0 Å². The minimum atomic E-state index is 0.00289. The standard InChI is InChI=1S/C13H22O2/c1-4-15-12(14)8-11-9-5-6-10(7-9)13(11,2)3/h9-11H,4-8H2,1-3H3. The molecule has 0 saturated heterocycles. The smallest absolute Gasteiger partial charge is 0.306 e. The van der Waals surface area contributed by atoms with Gasteiger partial charge in [0.1, 0.15) is 0 Å². The van der Waals surface area contributed by atoms with E-state index < -0.39 is 0 Å². The molecule has 0 amide bonds. The van der Waals surface area contributed by atoms with Crippen molar-refractivity contribution >= 4 is 5.97 Å². The zero-order chi connectivity index (χ0) is 11.1. The second-order valence-corrected chi connectivity index (χ2v) is 5.71. The highest BCUT2D eigenvalue weighted by Gasteiger charge is 2.52. The Hall–Kier alpha value is -0.530. The molecule has 0 aliphatic heterocycles. The normalized spacial score (nSPS) is 36.9. The molecule has 3 atom stereocenters. The van der Waals surface area contributed by atoms with Crippen molar-refractivity contribution in [1.29, 1.82) is 0 Å². The Balaban J connectivity index is 2.00. The molecule has 2 heteroatoms. The highest BCUT2D eigenvalue weighted by molar-refractivity contribution is 5.69. The van der Waals surface area contributed by atoms with Gasteiger partial charge in [-0.05, 0) is 49.4 Å². The Bertz CT molecular complexity index is 257. The van der Waals surface area contributed by atoms with Crippen LogP contribution in [0.5, 0.6) is 0 Å². The van der Waals surface area contributed by atoms with E-state index in [0.717, 1.165) is 11.8 Å². The molecule has 15 heavy (non-hydrogen) atoms. The molecule has 86 valence electrons. The number of carbonyl (C=O) groups is 1. The molecular weight excluding hydrogens is 188 g/mol. The second-order valence-electron chi connectivity index (χ2n) is 5.71. The van der Waals surface area contributed by atoms with Crippen molar-refractivity contribution in [2.45, 2.75) is 46.5 Å². The summed E-state index contributed by atoms with van der Waals surface area (Å²) in [4.78, 5) is 11.5. The molecule has 2 bridgehead atoms. The lowest BCUT2D eigenvalue weighted by Crippen LogP contribution is -2.32. The van der Waals surface area contributed by atoms with Gasteiger partial charge in [-0.15, -0.1) is 0 Å². The molecular formula is C13H22O2. The summed E-state index contributed by atoms with van der Waals surface area (Å²) in [6, 6.07) is 0. The average molecular weight is 210 g/mol. The fourth-order valence-electron chi connectivity index (χ4n) is 3.80. The van der Waals surface area contributed by atoms with Gasteiger partial charge >= 0.3 is 5.97 Å². The van der Waals surface area contributed by atoms with Crippen molar-refractivity contribution in [2.75, 3.05) is 6.61 Å². The summed E-state index contributed by atoms with van der Waals surface area (Å²) in [6.45, 7) is 7.06.